The summed E-state index contributed by atoms with van der Waals surface area (Å²) >= 11 is 0. The number of nitrogens with zero attached hydrogens (tertiary/aromatic N) is 3. The molecule has 22 heavy (non-hydrogen) atoms. The SMILES string of the molecule is COc1ncccc1CN1CCOC(CN(C)CC(N)=O)C1. The van der Waals surface area contributed by atoms with Gasteiger partial charge < -0.3 is 15.2 Å². The van der Waals surface area contributed by atoms with E-state index < -0.39 is 0 Å². The number of likely N-dealkylation sites (N-methyl/N-ethyl adjacent to an activating group) is 1. The molecule has 1 aromatic heterocycles. The van der Waals surface area contributed by atoms with Crippen LogP contribution in [0.15, 0.2) is 18.3 Å². The molecule has 1 aromatic rings. The Morgan fingerprint density at radius 3 is 3.18 bits per heavy atom. The van der Waals surface area contributed by atoms with Crippen LogP contribution in [0.2, 0.25) is 0 Å². The third-order valence-electron chi connectivity index (χ3n) is 3.60. The Balaban J connectivity index is 1.89. The smallest absolute Gasteiger partial charge is 0.231 e. The topological polar surface area (TPSA) is 80.9 Å². The lowest BCUT2D eigenvalue weighted by atomic mass is 10.2. The molecule has 0 aliphatic carbocycles. The Bertz CT molecular complexity index is 497. The van der Waals surface area contributed by atoms with Crippen LogP contribution in [0.1, 0.15) is 5.56 Å². The molecule has 2 heterocycles. The zero-order chi connectivity index (χ0) is 15.9. The lowest BCUT2D eigenvalue weighted by Gasteiger charge is -2.34. The highest BCUT2D eigenvalue weighted by molar-refractivity contribution is 5.75. The summed E-state index contributed by atoms with van der Waals surface area (Å²) in [6.45, 7) is 4.06. The Hall–Kier alpha value is -1.70. The molecule has 0 bridgehead atoms. The van der Waals surface area contributed by atoms with Gasteiger partial charge in [-0.25, -0.2) is 4.98 Å². The molecule has 7 nitrogen and oxygen atoms in total. The van der Waals surface area contributed by atoms with Gasteiger partial charge in [0.25, 0.3) is 0 Å². The van der Waals surface area contributed by atoms with Crippen LogP contribution in [-0.4, -0.2) is 73.7 Å². The molecule has 1 amide bonds. The lowest BCUT2D eigenvalue weighted by molar-refractivity contribution is -0.119. The average molecular weight is 308 g/mol. The largest absolute Gasteiger partial charge is 0.481 e. The molecule has 0 radical (unpaired) electrons. The highest BCUT2D eigenvalue weighted by Gasteiger charge is 2.23. The zero-order valence-corrected chi connectivity index (χ0v) is 13.2. The fraction of sp³-hybridized carbons (Fsp3) is 0.600. The van der Waals surface area contributed by atoms with E-state index >= 15 is 0 Å². The van der Waals surface area contributed by atoms with E-state index in [1.165, 1.54) is 0 Å². The number of nitrogens with two attached hydrogens (primary N) is 1. The highest BCUT2D eigenvalue weighted by Crippen LogP contribution is 2.18. The molecule has 1 atom stereocenters. The molecule has 2 rings (SSSR count). The number of pyridine rings is 1. The number of hydrogen-bond donors (Lipinski definition) is 1. The maximum atomic E-state index is 10.9. The third-order valence-corrected chi connectivity index (χ3v) is 3.60. The molecule has 122 valence electrons. The first-order valence-corrected chi connectivity index (χ1v) is 7.37. The summed E-state index contributed by atoms with van der Waals surface area (Å²) < 4.78 is 11.1. The van der Waals surface area contributed by atoms with E-state index in [4.69, 9.17) is 15.2 Å². The minimum Gasteiger partial charge on any atom is -0.481 e. The lowest BCUT2D eigenvalue weighted by Crippen LogP contribution is -2.47. The van der Waals surface area contributed by atoms with Gasteiger partial charge in [0.15, 0.2) is 0 Å². The number of primary amides is 1. The zero-order valence-electron chi connectivity index (χ0n) is 13.2. The first kappa shape index (κ1) is 16.7. The monoisotopic (exact) mass is 308 g/mol. The molecule has 1 fully saturated rings. The molecular formula is C15H24N4O3. The Morgan fingerprint density at radius 1 is 1.64 bits per heavy atom. The summed E-state index contributed by atoms with van der Waals surface area (Å²) in [5, 5.41) is 0. The second-order valence-corrected chi connectivity index (χ2v) is 5.56. The molecule has 7 heteroatoms. The number of carbonyl (C=O) groups excluding carboxylic acids is 1. The van der Waals surface area contributed by atoms with Crippen molar-refractivity contribution in [2.45, 2.75) is 12.6 Å². The van der Waals surface area contributed by atoms with Gasteiger partial charge in [0.1, 0.15) is 0 Å². The van der Waals surface area contributed by atoms with Gasteiger partial charge in [-0.1, -0.05) is 6.07 Å². The Morgan fingerprint density at radius 2 is 2.45 bits per heavy atom. The first-order chi connectivity index (χ1) is 10.6. The first-order valence-electron chi connectivity index (χ1n) is 7.37. The van der Waals surface area contributed by atoms with Crippen LogP contribution in [-0.2, 0) is 16.1 Å². The van der Waals surface area contributed by atoms with Gasteiger partial charge in [0.2, 0.25) is 11.8 Å². The van der Waals surface area contributed by atoms with Crippen molar-refractivity contribution in [1.29, 1.82) is 0 Å². The summed E-state index contributed by atoms with van der Waals surface area (Å²) in [5.41, 5.74) is 6.27. The van der Waals surface area contributed by atoms with Gasteiger partial charge in [-0.05, 0) is 13.1 Å². The summed E-state index contributed by atoms with van der Waals surface area (Å²) in [6, 6.07) is 3.94. The van der Waals surface area contributed by atoms with Gasteiger partial charge in [0, 0.05) is 37.9 Å². The maximum Gasteiger partial charge on any atom is 0.231 e. The van der Waals surface area contributed by atoms with Crippen molar-refractivity contribution >= 4 is 5.91 Å². The van der Waals surface area contributed by atoms with E-state index in [0.29, 0.717) is 19.0 Å². The number of ether oxygens (including phenoxy) is 2. The Labute approximate surface area is 131 Å². The number of rotatable bonds is 7. The predicted octanol–water partition coefficient (Wildman–Crippen LogP) is -0.292. The van der Waals surface area contributed by atoms with E-state index in [0.717, 1.165) is 25.2 Å². The van der Waals surface area contributed by atoms with Crippen molar-refractivity contribution in [1.82, 2.24) is 14.8 Å². The summed E-state index contributed by atoms with van der Waals surface area (Å²) in [5.74, 6) is 0.339. The maximum absolute atomic E-state index is 10.9. The molecule has 0 saturated carbocycles. The molecule has 1 aliphatic rings. The van der Waals surface area contributed by atoms with Gasteiger partial charge in [-0.2, -0.15) is 0 Å². The van der Waals surface area contributed by atoms with Crippen LogP contribution in [0.4, 0.5) is 0 Å². The van der Waals surface area contributed by atoms with Gasteiger partial charge >= 0.3 is 0 Å². The second-order valence-electron chi connectivity index (χ2n) is 5.56. The van der Waals surface area contributed by atoms with Crippen molar-refractivity contribution in [3.05, 3.63) is 23.9 Å². The Kier molecular flexibility index (Phi) is 6.11. The summed E-state index contributed by atoms with van der Waals surface area (Å²) in [4.78, 5) is 19.4. The van der Waals surface area contributed by atoms with E-state index in [-0.39, 0.29) is 18.6 Å². The van der Waals surface area contributed by atoms with Crippen LogP contribution in [0.3, 0.4) is 0 Å². The van der Waals surface area contributed by atoms with Crippen LogP contribution in [0, 0.1) is 0 Å². The minimum absolute atomic E-state index is 0.0702. The molecule has 2 N–H and O–H groups in total. The molecule has 1 aliphatic heterocycles. The fourth-order valence-electron chi connectivity index (χ4n) is 2.68. The van der Waals surface area contributed by atoms with Crippen LogP contribution in [0.5, 0.6) is 5.88 Å². The number of hydrogen-bond acceptors (Lipinski definition) is 6. The fourth-order valence-corrected chi connectivity index (χ4v) is 2.68. The predicted molar refractivity (Wildman–Crippen MR) is 82.5 cm³/mol. The van der Waals surface area contributed by atoms with E-state index in [1.807, 2.05) is 24.1 Å². The van der Waals surface area contributed by atoms with Crippen molar-refractivity contribution in [3.8, 4) is 5.88 Å². The normalized spacial score (nSPS) is 19.3. The van der Waals surface area contributed by atoms with Crippen LogP contribution >= 0.6 is 0 Å². The second kappa shape index (κ2) is 8.07. The van der Waals surface area contributed by atoms with Crippen molar-refractivity contribution in [3.63, 3.8) is 0 Å². The number of aromatic nitrogens is 1. The molecule has 0 spiro atoms. The van der Waals surface area contributed by atoms with E-state index in [2.05, 4.69) is 9.88 Å². The molecule has 1 saturated heterocycles. The molecule has 0 aromatic carbocycles. The van der Waals surface area contributed by atoms with Crippen LogP contribution < -0.4 is 10.5 Å². The molecule has 1 unspecified atom stereocenters. The molecular weight excluding hydrogens is 284 g/mol. The summed E-state index contributed by atoms with van der Waals surface area (Å²) in [7, 11) is 3.50. The van der Waals surface area contributed by atoms with Crippen molar-refractivity contribution in [2.24, 2.45) is 5.73 Å². The highest BCUT2D eigenvalue weighted by atomic mass is 16.5. The van der Waals surface area contributed by atoms with E-state index in [9.17, 15) is 4.79 Å². The van der Waals surface area contributed by atoms with Gasteiger partial charge in [0.05, 0.1) is 26.4 Å². The van der Waals surface area contributed by atoms with Gasteiger partial charge in [-0.15, -0.1) is 0 Å². The number of morpholine rings is 1. The van der Waals surface area contributed by atoms with Crippen molar-refractivity contribution < 1.29 is 14.3 Å². The number of amides is 1. The standard InChI is InChI=1S/C15H24N4O3/c1-18(11-14(16)20)9-13-10-19(6-7-22-13)8-12-4-3-5-17-15(12)21-2/h3-5,13H,6-11H2,1-2H3,(H2,16,20). The minimum atomic E-state index is -0.324. The van der Waals surface area contributed by atoms with Crippen molar-refractivity contribution in [2.75, 3.05) is 46.9 Å². The number of carbonyl (C=O) groups is 1. The quantitative estimate of drug-likeness (QED) is 0.745. The average Bonchev–Trinajstić information content (AvgIpc) is 2.47. The summed E-state index contributed by atoms with van der Waals surface area (Å²) in [6.07, 6.45) is 1.80. The van der Waals surface area contributed by atoms with Gasteiger partial charge in [-0.3, -0.25) is 14.6 Å². The van der Waals surface area contributed by atoms with Crippen LogP contribution in [0.25, 0.3) is 0 Å². The van der Waals surface area contributed by atoms with E-state index in [1.54, 1.807) is 13.3 Å². The number of methoxy groups -OCH3 is 1. The third kappa shape index (κ3) is 4.94.